The van der Waals surface area contributed by atoms with E-state index in [9.17, 15) is 14.4 Å². The fourth-order valence-corrected chi connectivity index (χ4v) is 8.21. The summed E-state index contributed by atoms with van der Waals surface area (Å²) in [4.78, 5) is 42.8. The topological polar surface area (TPSA) is 201 Å². The standard InChI is InChI=1S/C15H16N4O2.C14H17N3O2.C13H15N3O2/c1-19(12-5-2-10(9-16)3-6-12)15(20)11-4-7-13-14(8-11)18-21-17-13;1-17(11-5-3-2-4-6-11)14(18)10-7-8-12-13(9-10)16-19-15-12;1-16(10-4-2-3-5-10)13(17)9-6-7-11-12(8-9)15-18-14-11/h4,7-8,10,12H,2-3,5-6H2,1H3;7-9,11H,2-6H2,1H3;6-8,10H,2-5H2,1H3. The number of rotatable bonds is 6. The molecule has 0 aliphatic heterocycles. The van der Waals surface area contributed by atoms with Crippen LogP contribution >= 0.6 is 0 Å². The molecule has 3 aliphatic carbocycles. The van der Waals surface area contributed by atoms with Gasteiger partial charge < -0.3 is 14.7 Å². The van der Waals surface area contributed by atoms with Gasteiger partial charge in [-0.25, -0.2) is 13.9 Å². The zero-order valence-corrected chi connectivity index (χ0v) is 33.1. The van der Waals surface area contributed by atoms with Crippen LogP contribution in [0.25, 0.3) is 33.1 Å². The summed E-state index contributed by atoms with van der Waals surface area (Å²) in [5.74, 6) is 0.214. The van der Waals surface area contributed by atoms with E-state index in [1.807, 2.05) is 30.9 Å². The van der Waals surface area contributed by atoms with Gasteiger partial charge in [-0.15, -0.1) is 0 Å². The molecule has 0 spiro atoms. The molecule has 0 atom stereocenters. The van der Waals surface area contributed by atoms with Crippen molar-refractivity contribution in [2.45, 2.75) is 102 Å². The van der Waals surface area contributed by atoms with Crippen LogP contribution in [0.15, 0.2) is 68.5 Å². The number of hydrogen-bond donors (Lipinski definition) is 0. The Hall–Kier alpha value is -6.24. The van der Waals surface area contributed by atoms with Crippen LogP contribution in [-0.4, -0.2) is 103 Å². The molecule has 3 saturated carbocycles. The fraction of sp³-hybridized carbons (Fsp3) is 0.476. The monoisotopic (exact) mass is 788 g/mol. The molecule has 0 bridgehead atoms. The van der Waals surface area contributed by atoms with Crippen LogP contribution in [0.1, 0.15) is 115 Å². The molecule has 0 saturated heterocycles. The highest BCUT2D eigenvalue weighted by molar-refractivity contribution is 5.98. The van der Waals surface area contributed by atoms with Crippen molar-refractivity contribution in [3.05, 3.63) is 71.3 Å². The normalized spacial score (nSPS) is 18.4. The maximum atomic E-state index is 12.5. The van der Waals surface area contributed by atoms with E-state index in [-0.39, 0.29) is 29.7 Å². The molecule has 3 heterocycles. The van der Waals surface area contributed by atoms with E-state index in [1.54, 1.807) is 59.5 Å². The molecule has 3 aliphatic rings. The summed E-state index contributed by atoms with van der Waals surface area (Å²) in [6.07, 6.45) is 14.1. The maximum Gasteiger partial charge on any atom is 0.253 e. The summed E-state index contributed by atoms with van der Waals surface area (Å²) in [5.41, 5.74) is 5.72. The number of carbonyl (C=O) groups is 3. The molecule has 3 aromatic heterocycles. The molecule has 16 heteroatoms. The van der Waals surface area contributed by atoms with Crippen LogP contribution in [0, 0.1) is 17.2 Å². The van der Waals surface area contributed by atoms with E-state index in [2.05, 4.69) is 50.9 Å². The minimum atomic E-state index is -0.0275. The van der Waals surface area contributed by atoms with Gasteiger partial charge in [0.2, 0.25) is 0 Å². The second-order valence-electron chi connectivity index (χ2n) is 15.5. The SMILES string of the molecule is CN(C(=O)c1ccc2nonc2c1)C1CCC(C#N)CC1.CN(C(=O)c1ccc2nonc2c1)C1CCCC1.CN(C(=O)c1ccc2nonc2c1)C1CCCCC1. The second-order valence-corrected chi connectivity index (χ2v) is 15.5. The first-order chi connectivity index (χ1) is 28.2. The highest BCUT2D eigenvalue weighted by atomic mass is 16.6. The van der Waals surface area contributed by atoms with Crippen molar-refractivity contribution in [2.75, 3.05) is 21.1 Å². The summed E-state index contributed by atoms with van der Waals surface area (Å²) in [7, 11) is 5.60. The first kappa shape index (κ1) is 40.0. The van der Waals surface area contributed by atoms with E-state index >= 15 is 0 Å². The Morgan fingerprint density at radius 3 is 1.14 bits per heavy atom. The first-order valence-corrected chi connectivity index (χ1v) is 20.1. The molecule has 58 heavy (non-hydrogen) atoms. The van der Waals surface area contributed by atoms with Gasteiger partial charge in [-0.3, -0.25) is 14.4 Å². The Bertz CT molecular complexity index is 2380. The van der Waals surface area contributed by atoms with Crippen molar-refractivity contribution in [2.24, 2.45) is 5.92 Å². The van der Waals surface area contributed by atoms with Gasteiger partial charge in [-0.05, 0) is 137 Å². The number of aromatic nitrogens is 6. The smallest absolute Gasteiger partial charge is 0.253 e. The molecule has 0 N–H and O–H groups in total. The molecule has 9 rings (SSSR count). The lowest BCUT2D eigenvalue weighted by atomic mass is 9.86. The van der Waals surface area contributed by atoms with Crippen LogP contribution < -0.4 is 0 Å². The summed E-state index contributed by atoms with van der Waals surface area (Å²) in [5, 5.41) is 31.4. The van der Waals surface area contributed by atoms with Crippen molar-refractivity contribution >= 4 is 50.8 Å². The molecular weight excluding hydrogens is 741 g/mol. The van der Waals surface area contributed by atoms with Crippen molar-refractivity contribution in [1.82, 2.24) is 45.6 Å². The van der Waals surface area contributed by atoms with Gasteiger partial charge in [0.25, 0.3) is 17.7 Å². The third-order valence-electron chi connectivity index (χ3n) is 11.9. The Kier molecular flexibility index (Phi) is 12.6. The van der Waals surface area contributed by atoms with Gasteiger partial charge in [0, 0.05) is 61.9 Å². The fourth-order valence-electron chi connectivity index (χ4n) is 8.21. The second kappa shape index (κ2) is 18.4. The molecule has 0 radical (unpaired) electrons. The number of carbonyl (C=O) groups excluding carboxylic acids is 3. The number of benzene rings is 3. The molecule has 302 valence electrons. The summed E-state index contributed by atoms with van der Waals surface area (Å²) >= 11 is 0. The Labute approximate surface area is 335 Å². The number of nitriles is 1. The zero-order valence-electron chi connectivity index (χ0n) is 33.1. The van der Waals surface area contributed by atoms with Crippen molar-refractivity contribution in [3.8, 4) is 6.07 Å². The summed E-state index contributed by atoms with van der Waals surface area (Å²) in [6, 6.07) is 19.0. The highest BCUT2D eigenvalue weighted by Gasteiger charge is 2.28. The lowest BCUT2D eigenvalue weighted by molar-refractivity contribution is 0.0682. The largest absolute Gasteiger partial charge is 0.339 e. The average Bonchev–Trinajstić information content (AvgIpc) is 4.13. The quantitative estimate of drug-likeness (QED) is 0.164. The van der Waals surface area contributed by atoms with Gasteiger partial charge in [0.1, 0.15) is 33.1 Å². The maximum absolute atomic E-state index is 12.5. The van der Waals surface area contributed by atoms with Crippen LogP contribution in [0.2, 0.25) is 0 Å². The lowest BCUT2D eigenvalue weighted by Gasteiger charge is -2.32. The Morgan fingerprint density at radius 2 is 0.793 bits per heavy atom. The molecular formula is C42H48N10O6. The lowest BCUT2D eigenvalue weighted by Crippen LogP contribution is -2.39. The van der Waals surface area contributed by atoms with Gasteiger partial charge in [0.05, 0.1) is 6.07 Å². The van der Waals surface area contributed by atoms with Crippen LogP contribution in [0.5, 0.6) is 0 Å². The van der Waals surface area contributed by atoms with E-state index in [0.717, 1.165) is 51.4 Å². The Balaban J connectivity index is 0.000000133. The molecule has 3 fully saturated rings. The summed E-state index contributed by atoms with van der Waals surface area (Å²) < 4.78 is 13.9. The van der Waals surface area contributed by atoms with Crippen LogP contribution in [-0.2, 0) is 0 Å². The van der Waals surface area contributed by atoms with Crippen molar-refractivity contribution in [1.29, 1.82) is 5.26 Å². The van der Waals surface area contributed by atoms with Crippen molar-refractivity contribution < 1.29 is 28.3 Å². The van der Waals surface area contributed by atoms with Crippen LogP contribution in [0.4, 0.5) is 0 Å². The van der Waals surface area contributed by atoms with Gasteiger partial charge in [0.15, 0.2) is 0 Å². The van der Waals surface area contributed by atoms with Crippen molar-refractivity contribution in [3.63, 3.8) is 0 Å². The molecule has 3 aromatic carbocycles. The van der Waals surface area contributed by atoms with E-state index in [4.69, 9.17) is 5.26 Å². The van der Waals surface area contributed by atoms with E-state index < -0.39 is 0 Å². The molecule has 16 nitrogen and oxygen atoms in total. The molecule has 6 aromatic rings. The van der Waals surface area contributed by atoms with Crippen LogP contribution in [0.3, 0.4) is 0 Å². The predicted octanol–water partition coefficient (Wildman–Crippen LogP) is 7.24. The van der Waals surface area contributed by atoms with Gasteiger partial charge in [-0.2, -0.15) is 5.26 Å². The number of nitrogens with zero attached hydrogens (tertiary/aromatic N) is 10. The predicted molar refractivity (Wildman–Crippen MR) is 212 cm³/mol. The number of amides is 3. The third kappa shape index (κ3) is 9.14. The number of fused-ring (bicyclic) bond motifs is 3. The molecule has 3 amide bonds. The summed E-state index contributed by atoms with van der Waals surface area (Å²) in [6.45, 7) is 0. The highest BCUT2D eigenvalue weighted by Crippen LogP contribution is 2.28. The zero-order chi connectivity index (χ0) is 40.6. The average molecular weight is 789 g/mol. The van der Waals surface area contributed by atoms with E-state index in [0.29, 0.717) is 61.9 Å². The Morgan fingerprint density at radius 1 is 0.483 bits per heavy atom. The third-order valence-corrected chi connectivity index (χ3v) is 11.9. The van der Waals surface area contributed by atoms with Gasteiger partial charge in [-0.1, -0.05) is 32.1 Å². The minimum absolute atomic E-state index is 0.0275. The minimum Gasteiger partial charge on any atom is -0.339 e. The van der Waals surface area contributed by atoms with E-state index in [1.165, 1.54) is 32.1 Å². The van der Waals surface area contributed by atoms with Gasteiger partial charge >= 0.3 is 0 Å². The first-order valence-electron chi connectivity index (χ1n) is 20.1. The molecule has 0 unspecified atom stereocenters. The number of hydrogen-bond acceptors (Lipinski definition) is 13.